The third-order valence-electron chi connectivity index (χ3n) is 5.10. The molecule has 21 heavy (non-hydrogen) atoms. The lowest BCUT2D eigenvalue weighted by Gasteiger charge is -2.37. The van der Waals surface area contributed by atoms with Gasteiger partial charge < -0.3 is 15.2 Å². The first-order valence-corrected chi connectivity index (χ1v) is 8.17. The quantitative estimate of drug-likeness (QED) is 0.923. The Kier molecular flexibility index (Phi) is 4.08. The van der Waals surface area contributed by atoms with Crippen LogP contribution in [0, 0.1) is 0 Å². The number of benzene rings is 1. The molecule has 3 heteroatoms. The normalized spacial score (nSPS) is 27.7. The Morgan fingerprint density at radius 1 is 1.10 bits per heavy atom. The monoisotopic (exact) mass is 289 g/mol. The summed E-state index contributed by atoms with van der Waals surface area (Å²) >= 11 is 0. The van der Waals surface area contributed by atoms with Gasteiger partial charge in [-0.1, -0.05) is 43.5 Å². The smallest absolute Gasteiger partial charge is 0.163 e. The van der Waals surface area contributed by atoms with E-state index in [1.807, 2.05) is 13.8 Å². The largest absolute Gasteiger partial charge is 0.347 e. The molecule has 3 nitrogen and oxygen atoms in total. The van der Waals surface area contributed by atoms with Gasteiger partial charge in [-0.2, -0.15) is 0 Å². The first kappa shape index (κ1) is 15.0. The van der Waals surface area contributed by atoms with Gasteiger partial charge in [-0.3, -0.25) is 0 Å². The van der Waals surface area contributed by atoms with Crippen molar-refractivity contribution in [2.24, 2.45) is 5.73 Å². The molecule has 1 aromatic rings. The molecule has 1 saturated carbocycles. The van der Waals surface area contributed by atoms with Gasteiger partial charge >= 0.3 is 0 Å². The molecule has 0 amide bonds. The minimum atomic E-state index is -0.467. The predicted molar refractivity (Wildman–Crippen MR) is 84.1 cm³/mol. The maximum Gasteiger partial charge on any atom is 0.163 e. The molecule has 1 unspecified atom stereocenters. The first-order valence-electron chi connectivity index (χ1n) is 8.17. The fourth-order valence-corrected chi connectivity index (χ4v) is 3.74. The molecule has 2 fully saturated rings. The molecule has 0 bridgehead atoms. The molecule has 0 radical (unpaired) electrons. The molecule has 2 aliphatic rings. The van der Waals surface area contributed by atoms with Crippen LogP contribution >= 0.6 is 0 Å². The number of hydrogen-bond acceptors (Lipinski definition) is 3. The van der Waals surface area contributed by atoms with Crippen molar-refractivity contribution in [3.63, 3.8) is 0 Å². The van der Waals surface area contributed by atoms with Crippen LogP contribution in [0.4, 0.5) is 0 Å². The summed E-state index contributed by atoms with van der Waals surface area (Å²) in [5, 5.41) is 0. The van der Waals surface area contributed by atoms with E-state index in [4.69, 9.17) is 15.2 Å². The zero-order chi connectivity index (χ0) is 14.9. The van der Waals surface area contributed by atoms with Crippen LogP contribution < -0.4 is 5.73 Å². The average molecular weight is 289 g/mol. The van der Waals surface area contributed by atoms with Crippen LogP contribution in [0.25, 0.3) is 0 Å². The molecule has 1 aliphatic carbocycles. The van der Waals surface area contributed by atoms with Crippen LogP contribution in [-0.4, -0.2) is 18.9 Å². The Balaban J connectivity index is 1.77. The Labute approximate surface area is 127 Å². The Morgan fingerprint density at radius 2 is 1.76 bits per heavy atom. The zero-order valence-corrected chi connectivity index (χ0v) is 13.2. The van der Waals surface area contributed by atoms with Crippen molar-refractivity contribution in [2.75, 3.05) is 13.2 Å². The summed E-state index contributed by atoms with van der Waals surface area (Å²) in [4.78, 5) is 0. The highest BCUT2D eigenvalue weighted by Crippen LogP contribution is 2.39. The fraction of sp³-hybridized carbons (Fsp3) is 0.667. The van der Waals surface area contributed by atoms with Gasteiger partial charge in [0.15, 0.2) is 5.79 Å². The van der Waals surface area contributed by atoms with Crippen LogP contribution in [-0.2, 0) is 14.9 Å². The summed E-state index contributed by atoms with van der Waals surface area (Å²) in [5.41, 5.74) is 8.92. The standard InChI is InChI=1S/C18H27NO2/c1-17(2)20-12-16(21-17)14-6-8-15(9-7-14)18(13-19)10-4-3-5-11-18/h6-9,16H,3-5,10-13,19H2,1-2H3. The predicted octanol–water partition coefficient (Wildman–Crippen LogP) is 3.67. The molecular weight excluding hydrogens is 262 g/mol. The molecule has 1 saturated heterocycles. The van der Waals surface area contributed by atoms with Gasteiger partial charge in [0.05, 0.1) is 6.61 Å². The van der Waals surface area contributed by atoms with Gasteiger partial charge in [-0.25, -0.2) is 0 Å². The second kappa shape index (κ2) is 5.71. The lowest BCUT2D eigenvalue weighted by atomic mass is 9.69. The second-order valence-corrected chi connectivity index (χ2v) is 6.98. The van der Waals surface area contributed by atoms with E-state index in [9.17, 15) is 0 Å². The fourth-order valence-electron chi connectivity index (χ4n) is 3.74. The third kappa shape index (κ3) is 3.01. The maximum absolute atomic E-state index is 6.12. The van der Waals surface area contributed by atoms with Crippen LogP contribution in [0.2, 0.25) is 0 Å². The Morgan fingerprint density at radius 3 is 2.29 bits per heavy atom. The van der Waals surface area contributed by atoms with Crippen LogP contribution in [0.1, 0.15) is 63.2 Å². The summed E-state index contributed by atoms with van der Waals surface area (Å²) in [6.07, 6.45) is 6.44. The van der Waals surface area contributed by atoms with Gasteiger partial charge in [0.25, 0.3) is 0 Å². The summed E-state index contributed by atoms with van der Waals surface area (Å²) in [5.74, 6) is -0.467. The summed E-state index contributed by atoms with van der Waals surface area (Å²) in [6.45, 7) is 5.32. The SMILES string of the molecule is CC1(C)OCC(c2ccc(C3(CN)CCCCC3)cc2)O1. The average Bonchev–Trinajstić information content (AvgIpc) is 2.88. The highest BCUT2D eigenvalue weighted by Gasteiger charge is 2.35. The molecule has 3 rings (SSSR count). The van der Waals surface area contributed by atoms with Crippen molar-refractivity contribution in [3.05, 3.63) is 35.4 Å². The number of nitrogens with two attached hydrogens (primary N) is 1. The van der Waals surface area contributed by atoms with E-state index in [1.54, 1.807) is 0 Å². The van der Waals surface area contributed by atoms with E-state index in [1.165, 1.54) is 43.2 Å². The van der Waals surface area contributed by atoms with Crippen molar-refractivity contribution in [1.29, 1.82) is 0 Å². The van der Waals surface area contributed by atoms with E-state index < -0.39 is 5.79 Å². The van der Waals surface area contributed by atoms with Gasteiger partial charge in [-0.15, -0.1) is 0 Å². The van der Waals surface area contributed by atoms with Gasteiger partial charge in [0.2, 0.25) is 0 Å². The summed E-state index contributed by atoms with van der Waals surface area (Å²) in [7, 11) is 0. The van der Waals surface area contributed by atoms with Crippen molar-refractivity contribution >= 4 is 0 Å². The molecule has 0 spiro atoms. The van der Waals surface area contributed by atoms with Crippen molar-refractivity contribution in [2.45, 2.75) is 63.3 Å². The van der Waals surface area contributed by atoms with E-state index in [0.29, 0.717) is 6.61 Å². The zero-order valence-electron chi connectivity index (χ0n) is 13.2. The topological polar surface area (TPSA) is 44.5 Å². The van der Waals surface area contributed by atoms with Crippen molar-refractivity contribution in [3.8, 4) is 0 Å². The molecule has 1 aliphatic heterocycles. The van der Waals surface area contributed by atoms with Crippen LogP contribution in [0.15, 0.2) is 24.3 Å². The Bertz CT molecular complexity index is 474. The molecule has 1 atom stereocenters. The highest BCUT2D eigenvalue weighted by molar-refractivity contribution is 5.31. The number of hydrogen-bond donors (Lipinski definition) is 1. The lowest BCUT2D eigenvalue weighted by molar-refractivity contribution is -0.139. The van der Waals surface area contributed by atoms with Crippen molar-refractivity contribution < 1.29 is 9.47 Å². The van der Waals surface area contributed by atoms with E-state index >= 15 is 0 Å². The molecule has 0 aromatic heterocycles. The second-order valence-electron chi connectivity index (χ2n) is 6.98. The molecule has 116 valence electrons. The lowest BCUT2D eigenvalue weighted by Crippen LogP contribution is -2.37. The van der Waals surface area contributed by atoms with Crippen molar-refractivity contribution in [1.82, 2.24) is 0 Å². The van der Waals surface area contributed by atoms with E-state index in [2.05, 4.69) is 24.3 Å². The molecule has 2 N–H and O–H groups in total. The minimum absolute atomic E-state index is 0.0502. The number of ether oxygens (including phenoxy) is 2. The summed E-state index contributed by atoms with van der Waals surface area (Å²) < 4.78 is 11.6. The molecule has 1 aromatic carbocycles. The van der Waals surface area contributed by atoms with E-state index in [-0.39, 0.29) is 11.5 Å². The molecular formula is C18H27NO2. The van der Waals surface area contributed by atoms with Crippen LogP contribution in [0.5, 0.6) is 0 Å². The minimum Gasteiger partial charge on any atom is -0.347 e. The Hall–Kier alpha value is -0.900. The van der Waals surface area contributed by atoms with E-state index in [0.717, 1.165) is 6.54 Å². The maximum atomic E-state index is 6.12. The van der Waals surface area contributed by atoms with Gasteiger partial charge in [0.1, 0.15) is 6.10 Å². The first-order chi connectivity index (χ1) is 10.0. The number of rotatable bonds is 3. The van der Waals surface area contributed by atoms with Crippen LogP contribution in [0.3, 0.4) is 0 Å². The molecule has 1 heterocycles. The van der Waals surface area contributed by atoms with Gasteiger partial charge in [-0.05, 0) is 37.8 Å². The third-order valence-corrected chi connectivity index (χ3v) is 5.10. The highest BCUT2D eigenvalue weighted by atomic mass is 16.7. The van der Waals surface area contributed by atoms with Gasteiger partial charge in [0, 0.05) is 12.0 Å². The summed E-state index contributed by atoms with van der Waals surface area (Å²) in [6, 6.07) is 8.89.